The summed E-state index contributed by atoms with van der Waals surface area (Å²) in [6.07, 6.45) is 0. The van der Waals surface area contributed by atoms with Crippen molar-refractivity contribution in [3.63, 3.8) is 0 Å². The molecule has 1 fully saturated rings. The molecular formula is C15H18ClFN2O3. The molecule has 1 saturated heterocycles. The molecule has 7 heteroatoms. The first-order valence-electron chi connectivity index (χ1n) is 7.13. The highest BCUT2D eigenvalue weighted by molar-refractivity contribution is 6.33. The Balaban J connectivity index is 1.91. The number of amides is 1. The average molecular weight is 329 g/mol. The number of ether oxygens (including phenoxy) is 1. The minimum Gasteiger partial charge on any atom is -0.465 e. The maximum absolute atomic E-state index is 13.0. The third-order valence-corrected chi connectivity index (χ3v) is 3.79. The molecule has 0 radical (unpaired) electrons. The molecule has 0 aliphatic carbocycles. The smallest absolute Gasteiger partial charge is 0.320 e. The number of nitrogens with zero attached hydrogens (tertiary/aromatic N) is 2. The zero-order valence-electron chi connectivity index (χ0n) is 12.3. The third kappa shape index (κ3) is 4.18. The minimum absolute atomic E-state index is 0.110. The first-order chi connectivity index (χ1) is 10.5. The molecule has 1 aliphatic heterocycles. The molecule has 1 amide bonds. The van der Waals surface area contributed by atoms with Gasteiger partial charge in [0, 0.05) is 26.2 Å². The lowest BCUT2D eigenvalue weighted by Gasteiger charge is -2.34. The van der Waals surface area contributed by atoms with Crippen molar-refractivity contribution in [1.29, 1.82) is 0 Å². The normalized spacial score (nSPS) is 15.7. The summed E-state index contributed by atoms with van der Waals surface area (Å²) in [6, 6.07) is 3.74. The van der Waals surface area contributed by atoms with E-state index in [1.165, 1.54) is 12.1 Å². The molecule has 0 bridgehead atoms. The lowest BCUT2D eigenvalue weighted by atomic mass is 10.1. The van der Waals surface area contributed by atoms with E-state index in [1.807, 2.05) is 4.90 Å². The number of hydrogen-bond acceptors (Lipinski definition) is 4. The molecule has 0 saturated carbocycles. The summed E-state index contributed by atoms with van der Waals surface area (Å²) in [4.78, 5) is 27.4. The van der Waals surface area contributed by atoms with Crippen molar-refractivity contribution in [3.8, 4) is 0 Å². The second kappa shape index (κ2) is 7.56. The fourth-order valence-electron chi connectivity index (χ4n) is 2.33. The summed E-state index contributed by atoms with van der Waals surface area (Å²) in [5.41, 5.74) is 0.293. The average Bonchev–Trinajstić information content (AvgIpc) is 2.47. The maximum atomic E-state index is 13.0. The van der Waals surface area contributed by atoms with Crippen LogP contribution in [0.4, 0.5) is 4.39 Å². The van der Waals surface area contributed by atoms with E-state index >= 15 is 0 Å². The Labute approximate surface area is 133 Å². The highest BCUT2D eigenvalue weighted by Crippen LogP contribution is 2.19. The Bertz CT molecular complexity index is 560. The Morgan fingerprint density at radius 1 is 1.27 bits per heavy atom. The fourth-order valence-corrected chi connectivity index (χ4v) is 2.58. The Morgan fingerprint density at radius 3 is 2.55 bits per heavy atom. The van der Waals surface area contributed by atoms with Crippen molar-refractivity contribution in [2.75, 3.05) is 39.3 Å². The monoisotopic (exact) mass is 328 g/mol. The Hall–Kier alpha value is -1.66. The zero-order valence-corrected chi connectivity index (χ0v) is 13.1. The number of rotatable bonds is 4. The van der Waals surface area contributed by atoms with Crippen LogP contribution in [0.15, 0.2) is 18.2 Å². The molecule has 0 spiro atoms. The van der Waals surface area contributed by atoms with Crippen LogP contribution in [0.1, 0.15) is 17.3 Å². The summed E-state index contributed by atoms with van der Waals surface area (Å²) < 4.78 is 17.9. The number of carbonyl (C=O) groups is 2. The first-order valence-corrected chi connectivity index (χ1v) is 7.51. The van der Waals surface area contributed by atoms with Gasteiger partial charge in [-0.3, -0.25) is 14.5 Å². The summed E-state index contributed by atoms with van der Waals surface area (Å²) in [7, 11) is 0. The molecule has 5 nitrogen and oxygen atoms in total. The van der Waals surface area contributed by atoms with Crippen LogP contribution in [0.2, 0.25) is 5.02 Å². The van der Waals surface area contributed by atoms with E-state index in [0.717, 1.165) is 6.07 Å². The Kier molecular flexibility index (Phi) is 5.74. The van der Waals surface area contributed by atoms with Gasteiger partial charge in [-0.25, -0.2) is 4.39 Å². The number of esters is 1. The topological polar surface area (TPSA) is 49.9 Å². The molecule has 120 valence electrons. The van der Waals surface area contributed by atoms with E-state index < -0.39 is 5.82 Å². The van der Waals surface area contributed by atoms with Crippen molar-refractivity contribution < 1.29 is 18.7 Å². The van der Waals surface area contributed by atoms with Gasteiger partial charge in [-0.05, 0) is 25.1 Å². The second-order valence-corrected chi connectivity index (χ2v) is 5.40. The highest BCUT2D eigenvalue weighted by Gasteiger charge is 2.24. The van der Waals surface area contributed by atoms with E-state index in [0.29, 0.717) is 38.3 Å². The summed E-state index contributed by atoms with van der Waals surface area (Å²) in [5, 5.41) is 0.110. The fraction of sp³-hybridized carbons (Fsp3) is 0.467. The largest absolute Gasteiger partial charge is 0.465 e. The maximum Gasteiger partial charge on any atom is 0.320 e. The number of carbonyl (C=O) groups excluding carboxylic acids is 2. The molecule has 0 aromatic heterocycles. The van der Waals surface area contributed by atoms with E-state index in [9.17, 15) is 14.0 Å². The molecule has 1 aliphatic rings. The van der Waals surface area contributed by atoms with Gasteiger partial charge in [-0.1, -0.05) is 11.6 Å². The molecule has 0 unspecified atom stereocenters. The van der Waals surface area contributed by atoms with E-state index in [1.54, 1.807) is 11.8 Å². The van der Waals surface area contributed by atoms with Gasteiger partial charge in [-0.2, -0.15) is 0 Å². The van der Waals surface area contributed by atoms with Gasteiger partial charge in [0.25, 0.3) is 5.91 Å². The summed E-state index contributed by atoms with van der Waals surface area (Å²) in [5.74, 6) is -0.953. The molecule has 1 aromatic carbocycles. The standard InChI is InChI=1S/C15H18ClFN2O3/c1-2-22-14(20)10-18-5-7-19(8-6-18)15(21)12-4-3-11(17)9-13(12)16/h3-4,9H,2,5-8,10H2,1H3. The van der Waals surface area contributed by atoms with Crippen LogP contribution >= 0.6 is 11.6 Å². The summed E-state index contributed by atoms with van der Waals surface area (Å²) in [6.45, 7) is 4.51. The van der Waals surface area contributed by atoms with Crippen molar-refractivity contribution in [2.45, 2.75) is 6.92 Å². The van der Waals surface area contributed by atoms with E-state index in [4.69, 9.17) is 16.3 Å². The van der Waals surface area contributed by atoms with Gasteiger partial charge in [-0.15, -0.1) is 0 Å². The predicted molar refractivity (Wildman–Crippen MR) is 80.4 cm³/mol. The van der Waals surface area contributed by atoms with Gasteiger partial charge >= 0.3 is 5.97 Å². The molecule has 1 aromatic rings. The van der Waals surface area contributed by atoms with Crippen molar-refractivity contribution in [2.24, 2.45) is 0 Å². The highest BCUT2D eigenvalue weighted by atomic mass is 35.5. The minimum atomic E-state index is -0.471. The van der Waals surface area contributed by atoms with Gasteiger partial charge in [0.2, 0.25) is 0 Å². The van der Waals surface area contributed by atoms with Crippen LogP contribution in [-0.4, -0.2) is 61.0 Å². The van der Waals surface area contributed by atoms with Crippen LogP contribution in [0.25, 0.3) is 0 Å². The van der Waals surface area contributed by atoms with Crippen LogP contribution in [0.5, 0.6) is 0 Å². The number of piperazine rings is 1. The summed E-state index contributed by atoms with van der Waals surface area (Å²) >= 11 is 5.92. The molecular weight excluding hydrogens is 311 g/mol. The molecule has 22 heavy (non-hydrogen) atoms. The van der Waals surface area contributed by atoms with Crippen LogP contribution in [-0.2, 0) is 9.53 Å². The molecule has 0 N–H and O–H groups in total. The van der Waals surface area contributed by atoms with Crippen molar-refractivity contribution in [1.82, 2.24) is 9.80 Å². The SMILES string of the molecule is CCOC(=O)CN1CCN(C(=O)c2ccc(F)cc2Cl)CC1. The van der Waals surface area contributed by atoms with Crippen LogP contribution in [0, 0.1) is 5.82 Å². The Morgan fingerprint density at radius 2 is 1.95 bits per heavy atom. The van der Waals surface area contributed by atoms with Gasteiger partial charge in [0.05, 0.1) is 23.7 Å². The lowest BCUT2D eigenvalue weighted by Crippen LogP contribution is -2.50. The van der Waals surface area contributed by atoms with Gasteiger partial charge in [0.1, 0.15) is 5.82 Å². The van der Waals surface area contributed by atoms with E-state index in [-0.39, 0.29) is 23.4 Å². The number of hydrogen-bond donors (Lipinski definition) is 0. The van der Waals surface area contributed by atoms with Crippen molar-refractivity contribution in [3.05, 3.63) is 34.6 Å². The van der Waals surface area contributed by atoms with Crippen molar-refractivity contribution >= 4 is 23.5 Å². The first kappa shape index (κ1) is 16.7. The zero-order chi connectivity index (χ0) is 16.1. The quantitative estimate of drug-likeness (QED) is 0.791. The lowest BCUT2D eigenvalue weighted by molar-refractivity contribution is -0.144. The third-order valence-electron chi connectivity index (χ3n) is 3.48. The van der Waals surface area contributed by atoms with E-state index in [2.05, 4.69) is 0 Å². The molecule has 1 heterocycles. The van der Waals surface area contributed by atoms with Crippen LogP contribution < -0.4 is 0 Å². The molecule has 2 rings (SSSR count). The number of halogens is 2. The second-order valence-electron chi connectivity index (χ2n) is 5.00. The predicted octanol–water partition coefficient (Wildman–Crippen LogP) is 1.80. The van der Waals surface area contributed by atoms with Gasteiger partial charge in [0.15, 0.2) is 0 Å². The van der Waals surface area contributed by atoms with Crippen LogP contribution in [0.3, 0.4) is 0 Å². The molecule has 0 atom stereocenters. The number of benzene rings is 1. The van der Waals surface area contributed by atoms with Gasteiger partial charge < -0.3 is 9.64 Å².